The van der Waals surface area contributed by atoms with Crippen LogP contribution in [-0.2, 0) is 0 Å². The van der Waals surface area contributed by atoms with Crippen molar-refractivity contribution in [2.75, 3.05) is 11.9 Å². The summed E-state index contributed by atoms with van der Waals surface area (Å²) in [7, 11) is 0. The highest BCUT2D eigenvalue weighted by atomic mass is 79.9. The SMILES string of the molecule is CCCCNc1ccc(Br)cc1C. The maximum absolute atomic E-state index is 3.45. The van der Waals surface area contributed by atoms with E-state index in [9.17, 15) is 0 Å². The van der Waals surface area contributed by atoms with E-state index in [1.54, 1.807) is 0 Å². The molecule has 1 rings (SSSR count). The lowest BCUT2D eigenvalue weighted by molar-refractivity contribution is 0.833. The van der Waals surface area contributed by atoms with Crippen LogP contribution in [0, 0.1) is 6.92 Å². The van der Waals surface area contributed by atoms with Crippen LogP contribution in [0.5, 0.6) is 0 Å². The average Bonchev–Trinajstić information content (AvgIpc) is 2.09. The number of hydrogen-bond donors (Lipinski definition) is 1. The van der Waals surface area contributed by atoms with E-state index in [0.717, 1.165) is 11.0 Å². The minimum Gasteiger partial charge on any atom is -0.385 e. The zero-order valence-corrected chi connectivity index (χ0v) is 9.82. The molecule has 2 heteroatoms. The lowest BCUT2D eigenvalue weighted by atomic mass is 10.2. The Morgan fingerprint density at radius 2 is 2.15 bits per heavy atom. The summed E-state index contributed by atoms with van der Waals surface area (Å²) >= 11 is 3.45. The predicted molar refractivity (Wildman–Crippen MR) is 62.3 cm³/mol. The molecular weight excluding hydrogens is 226 g/mol. The molecule has 0 aromatic heterocycles. The van der Waals surface area contributed by atoms with Crippen molar-refractivity contribution in [1.82, 2.24) is 0 Å². The molecule has 0 radical (unpaired) electrons. The number of rotatable bonds is 4. The second-order valence-electron chi connectivity index (χ2n) is 3.24. The van der Waals surface area contributed by atoms with Gasteiger partial charge in [0.2, 0.25) is 0 Å². The van der Waals surface area contributed by atoms with E-state index in [1.807, 2.05) is 0 Å². The van der Waals surface area contributed by atoms with Gasteiger partial charge in [-0.15, -0.1) is 0 Å². The fourth-order valence-corrected chi connectivity index (χ4v) is 1.70. The van der Waals surface area contributed by atoms with Crippen molar-refractivity contribution in [3.63, 3.8) is 0 Å². The summed E-state index contributed by atoms with van der Waals surface area (Å²) in [4.78, 5) is 0. The molecule has 0 amide bonds. The summed E-state index contributed by atoms with van der Waals surface area (Å²) in [6, 6.07) is 6.32. The van der Waals surface area contributed by atoms with E-state index in [2.05, 4.69) is 53.3 Å². The minimum absolute atomic E-state index is 1.07. The van der Waals surface area contributed by atoms with Crippen LogP contribution < -0.4 is 5.32 Å². The van der Waals surface area contributed by atoms with Gasteiger partial charge in [-0.3, -0.25) is 0 Å². The summed E-state index contributed by atoms with van der Waals surface area (Å²) in [5.74, 6) is 0. The van der Waals surface area contributed by atoms with Crippen molar-refractivity contribution in [1.29, 1.82) is 0 Å². The van der Waals surface area contributed by atoms with Gasteiger partial charge in [0.1, 0.15) is 0 Å². The first-order valence-corrected chi connectivity index (χ1v) is 5.53. The van der Waals surface area contributed by atoms with Gasteiger partial charge in [0.05, 0.1) is 0 Å². The van der Waals surface area contributed by atoms with Crippen LogP contribution in [0.4, 0.5) is 5.69 Å². The number of benzene rings is 1. The average molecular weight is 242 g/mol. The number of unbranched alkanes of at least 4 members (excludes halogenated alkanes) is 1. The van der Waals surface area contributed by atoms with Crippen LogP contribution in [0.15, 0.2) is 22.7 Å². The molecule has 0 aliphatic rings. The summed E-state index contributed by atoms with van der Waals surface area (Å²) in [5.41, 5.74) is 2.54. The Kier molecular flexibility index (Phi) is 4.29. The molecule has 1 aromatic rings. The van der Waals surface area contributed by atoms with Gasteiger partial charge in [0.15, 0.2) is 0 Å². The summed E-state index contributed by atoms with van der Waals surface area (Å²) in [5, 5.41) is 3.42. The Bertz CT molecular complexity index is 271. The van der Waals surface area contributed by atoms with Gasteiger partial charge in [-0.05, 0) is 37.1 Å². The normalized spacial score (nSPS) is 10.1. The molecule has 0 spiro atoms. The molecule has 0 atom stereocenters. The molecule has 72 valence electrons. The maximum Gasteiger partial charge on any atom is 0.0370 e. The standard InChI is InChI=1S/C11H16BrN/c1-3-4-7-13-11-6-5-10(12)8-9(11)2/h5-6,8,13H,3-4,7H2,1-2H3. The van der Waals surface area contributed by atoms with Gasteiger partial charge in [0, 0.05) is 16.7 Å². The lowest BCUT2D eigenvalue weighted by Crippen LogP contribution is -2.02. The van der Waals surface area contributed by atoms with Gasteiger partial charge in [-0.2, -0.15) is 0 Å². The van der Waals surface area contributed by atoms with Crippen LogP contribution in [0.2, 0.25) is 0 Å². The first-order chi connectivity index (χ1) is 6.24. The number of aryl methyl sites for hydroxylation is 1. The number of halogens is 1. The number of anilines is 1. The third kappa shape index (κ3) is 3.39. The highest BCUT2D eigenvalue weighted by Crippen LogP contribution is 2.19. The zero-order valence-electron chi connectivity index (χ0n) is 8.23. The highest BCUT2D eigenvalue weighted by Gasteiger charge is 1.96. The molecule has 0 saturated carbocycles. The smallest absolute Gasteiger partial charge is 0.0370 e. The lowest BCUT2D eigenvalue weighted by Gasteiger charge is -2.08. The molecule has 1 aromatic carbocycles. The predicted octanol–water partition coefficient (Wildman–Crippen LogP) is 3.97. The fourth-order valence-electron chi connectivity index (χ4n) is 1.23. The Labute approximate surface area is 88.7 Å². The fraction of sp³-hybridized carbons (Fsp3) is 0.455. The van der Waals surface area contributed by atoms with Crippen LogP contribution in [0.1, 0.15) is 25.3 Å². The van der Waals surface area contributed by atoms with Gasteiger partial charge < -0.3 is 5.32 Å². The first-order valence-electron chi connectivity index (χ1n) is 4.74. The van der Waals surface area contributed by atoms with Gasteiger partial charge >= 0.3 is 0 Å². The van der Waals surface area contributed by atoms with Crippen molar-refractivity contribution in [2.24, 2.45) is 0 Å². The van der Waals surface area contributed by atoms with Crippen LogP contribution >= 0.6 is 15.9 Å². The molecule has 13 heavy (non-hydrogen) atoms. The summed E-state index contributed by atoms with van der Waals surface area (Å²) < 4.78 is 1.14. The second-order valence-corrected chi connectivity index (χ2v) is 4.16. The Morgan fingerprint density at radius 1 is 1.38 bits per heavy atom. The number of hydrogen-bond acceptors (Lipinski definition) is 1. The quantitative estimate of drug-likeness (QED) is 0.787. The van der Waals surface area contributed by atoms with Gasteiger partial charge in [0.25, 0.3) is 0 Å². The zero-order chi connectivity index (χ0) is 9.68. The second kappa shape index (κ2) is 5.28. The van der Waals surface area contributed by atoms with Crippen molar-refractivity contribution < 1.29 is 0 Å². The van der Waals surface area contributed by atoms with Crippen molar-refractivity contribution in [3.05, 3.63) is 28.2 Å². The molecule has 0 heterocycles. The van der Waals surface area contributed by atoms with E-state index in [4.69, 9.17) is 0 Å². The van der Waals surface area contributed by atoms with E-state index in [1.165, 1.54) is 24.1 Å². The maximum atomic E-state index is 3.45. The summed E-state index contributed by atoms with van der Waals surface area (Å²) in [6.07, 6.45) is 2.47. The first kappa shape index (κ1) is 10.6. The Hall–Kier alpha value is -0.500. The van der Waals surface area contributed by atoms with Crippen molar-refractivity contribution in [3.8, 4) is 0 Å². The monoisotopic (exact) mass is 241 g/mol. The number of nitrogens with one attached hydrogen (secondary N) is 1. The molecule has 0 aliphatic carbocycles. The third-order valence-corrected chi connectivity index (χ3v) is 2.53. The molecule has 0 fully saturated rings. The van der Waals surface area contributed by atoms with Crippen LogP contribution in [0.3, 0.4) is 0 Å². The molecule has 0 unspecified atom stereocenters. The van der Waals surface area contributed by atoms with Crippen molar-refractivity contribution >= 4 is 21.6 Å². The van der Waals surface area contributed by atoms with Gasteiger partial charge in [-0.25, -0.2) is 0 Å². The molecule has 0 saturated heterocycles. The molecule has 0 bridgehead atoms. The Balaban J connectivity index is 2.56. The largest absolute Gasteiger partial charge is 0.385 e. The van der Waals surface area contributed by atoms with Crippen molar-refractivity contribution in [2.45, 2.75) is 26.7 Å². The van der Waals surface area contributed by atoms with Gasteiger partial charge in [-0.1, -0.05) is 29.3 Å². The van der Waals surface area contributed by atoms with E-state index < -0.39 is 0 Å². The van der Waals surface area contributed by atoms with E-state index in [-0.39, 0.29) is 0 Å². The molecule has 0 aliphatic heterocycles. The topological polar surface area (TPSA) is 12.0 Å². The van der Waals surface area contributed by atoms with Crippen LogP contribution in [0.25, 0.3) is 0 Å². The molecule has 1 nitrogen and oxygen atoms in total. The van der Waals surface area contributed by atoms with E-state index in [0.29, 0.717) is 0 Å². The molecular formula is C11H16BrN. The third-order valence-electron chi connectivity index (χ3n) is 2.03. The van der Waals surface area contributed by atoms with E-state index >= 15 is 0 Å². The Morgan fingerprint density at radius 3 is 2.77 bits per heavy atom. The highest BCUT2D eigenvalue weighted by molar-refractivity contribution is 9.10. The van der Waals surface area contributed by atoms with Crippen LogP contribution in [-0.4, -0.2) is 6.54 Å². The summed E-state index contributed by atoms with van der Waals surface area (Å²) in [6.45, 7) is 5.40. The minimum atomic E-state index is 1.07. The molecule has 1 N–H and O–H groups in total.